The van der Waals surface area contributed by atoms with Crippen LogP contribution < -0.4 is 5.73 Å². The van der Waals surface area contributed by atoms with Crippen molar-refractivity contribution in [3.8, 4) is 0 Å². The molecule has 2 heteroatoms. The van der Waals surface area contributed by atoms with Crippen LogP contribution in [0.4, 0.5) is 0 Å². The summed E-state index contributed by atoms with van der Waals surface area (Å²) in [6, 6.07) is 1.18. The van der Waals surface area contributed by atoms with E-state index in [1.165, 1.54) is 64.5 Å². The van der Waals surface area contributed by atoms with Gasteiger partial charge in [0.15, 0.2) is 0 Å². The van der Waals surface area contributed by atoms with Gasteiger partial charge in [-0.1, -0.05) is 25.7 Å². The summed E-state index contributed by atoms with van der Waals surface area (Å²) >= 11 is 0. The highest BCUT2D eigenvalue weighted by molar-refractivity contribution is 4.88. The van der Waals surface area contributed by atoms with Gasteiger partial charge < -0.3 is 5.73 Å². The van der Waals surface area contributed by atoms with Crippen molar-refractivity contribution < 1.29 is 0 Å². The summed E-state index contributed by atoms with van der Waals surface area (Å²) in [5, 5.41) is 0. The molecule has 1 saturated heterocycles. The van der Waals surface area contributed by atoms with Gasteiger partial charge in [0.2, 0.25) is 0 Å². The average Bonchev–Trinajstić information content (AvgIpc) is 2.51. The molecule has 1 heterocycles. The molecule has 0 bridgehead atoms. The van der Waals surface area contributed by atoms with E-state index in [1.54, 1.807) is 0 Å². The molecule has 0 radical (unpaired) electrons. The van der Waals surface area contributed by atoms with E-state index in [2.05, 4.69) is 4.90 Å². The first-order valence-corrected chi connectivity index (χ1v) is 6.37. The van der Waals surface area contributed by atoms with Gasteiger partial charge in [-0.2, -0.15) is 0 Å². The highest BCUT2D eigenvalue weighted by Crippen LogP contribution is 2.24. The van der Waals surface area contributed by atoms with E-state index in [-0.39, 0.29) is 0 Å². The number of nitrogens with zero attached hydrogens (tertiary/aromatic N) is 1. The Morgan fingerprint density at radius 1 is 0.786 bits per heavy atom. The van der Waals surface area contributed by atoms with Gasteiger partial charge in [-0.25, -0.2) is 0 Å². The molecule has 0 spiro atoms. The van der Waals surface area contributed by atoms with Crippen molar-refractivity contribution >= 4 is 0 Å². The zero-order valence-corrected chi connectivity index (χ0v) is 9.25. The van der Waals surface area contributed by atoms with Gasteiger partial charge >= 0.3 is 0 Å². The van der Waals surface area contributed by atoms with Crippen LogP contribution in [0.25, 0.3) is 0 Å². The second kappa shape index (κ2) is 5.13. The van der Waals surface area contributed by atoms with Gasteiger partial charge in [-0.05, 0) is 38.8 Å². The zero-order valence-electron chi connectivity index (χ0n) is 9.25. The van der Waals surface area contributed by atoms with Crippen LogP contribution in [0, 0.1) is 0 Å². The van der Waals surface area contributed by atoms with Gasteiger partial charge in [0.25, 0.3) is 0 Å². The summed E-state index contributed by atoms with van der Waals surface area (Å²) in [5.74, 6) is 0. The Bertz CT molecular complexity index is 162. The molecule has 14 heavy (non-hydrogen) atoms. The Kier molecular flexibility index (Phi) is 3.82. The van der Waals surface area contributed by atoms with Crippen molar-refractivity contribution in [2.75, 3.05) is 13.1 Å². The average molecular weight is 196 g/mol. The van der Waals surface area contributed by atoms with E-state index in [1.807, 2.05) is 0 Å². The predicted octanol–water partition coefficient (Wildman–Crippen LogP) is 2.13. The maximum absolute atomic E-state index is 6.16. The molecule has 0 aromatic rings. The fraction of sp³-hybridized carbons (Fsp3) is 1.00. The zero-order chi connectivity index (χ0) is 9.80. The van der Waals surface area contributed by atoms with Crippen LogP contribution in [0.15, 0.2) is 0 Å². The van der Waals surface area contributed by atoms with Crippen molar-refractivity contribution in [2.24, 2.45) is 5.73 Å². The molecular weight excluding hydrogens is 172 g/mol. The molecule has 0 aromatic carbocycles. The fourth-order valence-corrected chi connectivity index (χ4v) is 3.03. The van der Waals surface area contributed by atoms with Gasteiger partial charge in [0.1, 0.15) is 0 Å². The van der Waals surface area contributed by atoms with Crippen LogP contribution in [0.3, 0.4) is 0 Å². The molecule has 2 nitrogen and oxygen atoms in total. The minimum Gasteiger partial charge on any atom is -0.326 e. The van der Waals surface area contributed by atoms with Crippen molar-refractivity contribution in [3.63, 3.8) is 0 Å². The molecule has 0 amide bonds. The molecule has 2 atom stereocenters. The van der Waals surface area contributed by atoms with Crippen LogP contribution >= 0.6 is 0 Å². The molecule has 2 rings (SSSR count). The third-order valence-corrected chi connectivity index (χ3v) is 3.89. The predicted molar refractivity (Wildman–Crippen MR) is 60.3 cm³/mol. The smallest absolute Gasteiger partial charge is 0.0247 e. The molecule has 2 unspecified atom stereocenters. The summed E-state index contributed by atoms with van der Waals surface area (Å²) in [6.07, 6.45) is 11.0. The lowest BCUT2D eigenvalue weighted by molar-refractivity contribution is 0.169. The van der Waals surface area contributed by atoms with Crippen LogP contribution in [-0.2, 0) is 0 Å². The molecule has 2 N–H and O–H groups in total. The first-order chi connectivity index (χ1) is 6.88. The van der Waals surface area contributed by atoms with Gasteiger partial charge in [0, 0.05) is 12.1 Å². The number of rotatable bonds is 1. The largest absolute Gasteiger partial charge is 0.326 e. The molecule has 1 saturated carbocycles. The molecular formula is C12H24N2. The summed E-state index contributed by atoms with van der Waals surface area (Å²) in [4.78, 5) is 2.68. The summed E-state index contributed by atoms with van der Waals surface area (Å²) in [5.41, 5.74) is 6.16. The number of nitrogens with two attached hydrogens (primary N) is 1. The Hall–Kier alpha value is -0.0800. The number of hydrogen-bond acceptors (Lipinski definition) is 2. The van der Waals surface area contributed by atoms with Crippen LogP contribution in [0.1, 0.15) is 51.4 Å². The van der Waals surface area contributed by atoms with Crippen LogP contribution in [-0.4, -0.2) is 30.1 Å². The highest BCUT2D eigenvalue weighted by Gasteiger charge is 2.29. The van der Waals surface area contributed by atoms with Crippen molar-refractivity contribution in [1.82, 2.24) is 4.90 Å². The summed E-state index contributed by atoms with van der Waals surface area (Å²) < 4.78 is 0. The molecule has 1 aliphatic heterocycles. The van der Waals surface area contributed by atoms with Gasteiger partial charge in [-0.3, -0.25) is 4.90 Å². The Morgan fingerprint density at radius 3 is 2.00 bits per heavy atom. The summed E-state index contributed by atoms with van der Waals surface area (Å²) in [6.45, 7) is 2.61. The second-order valence-electron chi connectivity index (χ2n) is 4.97. The Balaban J connectivity index is 1.86. The molecule has 2 fully saturated rings. The Labute approximate surface area is 87.8 Å². The van der Waals surface area contributed by atoms with E-state index in [0.29, 0.717) is 12.1 Å². The number of likely N-dealkylation sites (tertiary alicyclic amines) is 1. The SMILES string of the molecule is NC1CCCC1N1CCCCCCC1. The van der Waals surface area contributed by atoms with E-state index in [9.17, 15) is 0 Å². The standard InChI is InChI=1S/C12H24N2/c13-11-7-6-8-12(11)14-9-4-2-1-3-5-10-14/h11-12H,1-10,13H2. The van der Waals surface area contributed by atoms with E-state index in [4.69, 9.17) is 5.73 Å². The van der Waals surface area contributed by atoms with E-state index in [0.717, 1.165) is 0 Å². The summed E-state index contributed by atoms with van der Waals surface area (Å²) in [7, 11) is 0. The van der Waals surface area contributed by atoms with Crippen molar-refractivity contribution in [1.29, 1.82) is 0 Å². The lowest BCUT2D eigenvalue weighted by Crippen LogP contribution is -2.45. The fourth-order valence-electron chi connectivity index (χ4n) is 3.03. The van der Waals surface area contributed by atoms with Gasteiger partial charge in [0.05, 0.1) is 0 Å². The maximum atomic E-state index is 6.16. The first-order valence-electron chi connectivity index (χ1n) is 6.37. The quantitative estimate of drug-likeness (QED) is 0.696. The number of hydrogen-bond donors (Lipinski definition) is 1. The first kappa shape index (κ1) is 10.4. The van der Waals surface area contributed by atoms with Crippen LogP contribution in [0.2, 0.25) is 0 Å². The van der Waals surface area contributed by atoms with Crippen LogP contribution in [0.5, 0.6) is 0 Å². The minimum absolute atomic E-state index is 0.467. The normalized spacial score (nSPS) is 36.6. The molecule has 0 aromatic heterocycles. The molecule has 1 aliphatic carbocycles. The monoisotopic (exact) mass is 196 g/mol. The molecule has 2 aliphatic rings. The van der Waals surface area contributed by atoms with Crippen molar-refractivity contribution in [2.45, 2.75) is 63.5 Å². The topological polar surface area (TPSA) is 29.3 Å². The lowest BCUT2D eigenvalue weighted by atomic mass is 10.0. The maximum Gasteiger partial charge on any atom is 0.0247 e. The third kappa shape index (κ3) is 2.48. The molecule has 82 valence electrons. The minimum atomic E-state index is 0.467. The second-order valence-corrected chi connectivity index (χ2v) is 4.97. The third-order valence-electron chi connectivity index (χ3n) is 3.89. The lowest BCUT2D eigenvalue weighted by Gasteiger charge is -2.32. The highest BCUT2D eigenvalue weighted by atomic mass is 15.2. The van der Waals surface area contributed by atoms with Crippen molar-refractivity contribution in [3.05, 3.63) is 0 Å². The van der Waals surface area contributed by atoms with Gasteiger partial charge in [-0.15, -0.1) is 0 Å². The Morgan fingerprint density at radius 2 is 1.43 bits per heavy atom. The van der Waals surface area contributed by atoms with E-state index < -0.39 is 0 Å². The van der Waals surface area contributed by atoms with E-state index >= 15 is 0 Å².